The van der Waals surface area contributed by atoms with E-state index in [-0.39, 0.29) is 25.6 Å². The van der Waals surface area contributed by atoms with Crippen LogP contribution in [-0.4, -0.2) is 88.4 Å². The Kier molecular flexibility index (Phi) is 7.97. The van der Waals surface area contributed by atoms with Crippen LogP contribution < -0.4 is 0 Å². The first-order valence-corrected chi connectivity index (χ1v) is 13.4. The van der Waals surface area contributed by atoms with Crippen LogP contribution in [0.25, 0.3) is 0 Å². The molecule has 0 saturated carbocycles. The zero-order chi connectivity index (χ0) is 27.4. The number of piperazine rings is 1. The second-order valence-corrected chi connectivity index (χ2v) is 10.2. The number of carbonyl (C=O) groups is 3. The fourth-order valence-electron chi connectivity index (χ4n) is 5.47. The molecule has 2 fully saturated rings. The standard InChI is InChI=1S/C30H31ClN4O4/c31-26-13-11-23(12-14-26)21-35-29(39)34(22-27(37)33-17-15-32(16-18-33)19-20-36)28(38)30(35,24-7-3-1-4-8-24)25-9-5-2-6-10-25/h1-14,36H,15-22H2. The Morgan fingerprint density at radius 2 is 1.38 bits per heavy atom. The van der Waals surface area contributed by atoms with Gasteiger partial charge in [-0.1, -0.05) is 84.4 Å². The lowest BCUT2D eigenvalue weighted by molar-refractivity contribution is -0.140. The third kappa shape index (κ3) is 5.15. The van der Waals surface area contributed by atoms with Crippen LogP contribution >= 0.6 is 11.6 Å². The molecule has 0 aromatic heterocycles. The number of aliphatic hydroxyl groups is 1. The molecule has 2 heterocycles. The number of nitrogens with zero attached hydrogens (tertiary/aromatic N) is 4. The monoisotopic (exact) mass is 546 g/mol. The molecule has 4 amide bonds. The van der Waals surface area contributed by atoms with Crippen molar-refractivity contribution < 1.29 is 19.5 Å². The van der Waals surface area contributed by atoms with E-state index in [1.54, 1.807) is 21.9 Å². The predicted octanol–water partition coefficient (Wildman–Crippen LogP) is 3.18. The first kappa shape index (κ1) is 26.9. The Balaban J connectivity index is 1.53. The zero-order valence-corrected chi connectivity index (χ0v) is 22.3. The number of benzene rings is 3. The SMILES string of the molecule is O=C(CN1C(=O)N(Cc2ccc(Cl)cc2)C(c2ccccc2)(c2ccccc2)C1=O)N1CCN(CCO)CC1. The summed E-state index contributed by atoms with van der Waals surface area (Å²) >= 11 is 6.11. The molecule has 39 heavy (non-hydrogen) atoms. The Morgan fingerprint density at radius 3 is 1.92 bits per heavy atom. The summed E-state index contributed by atoms with van der Waals surface area (Å²) in [7, 11) is 0. The summed E-state index contributed by atoms with van der Waals surface area (Å²) in [6.45, 7) is 2.66. The maximum absolute atomic E-state index is 14.5. The average Bonchev–Trinajstić information content (AvgIpc) is 3.17. The van der Waals surface area contributed by atoms with Crippen molar-refractivity contribution in [1.82, 2.24) is 19.6 Å². The second-order valence-electron chi connectivity index (χ2n) is 9.77. The maximum atomic E-state index is 14.5. The van der Waals surface area contributed by atoms with Gasteiger partial charge < -0.3 is 10.0 Å². The summed E-state index contributed by atoms with van der Waals surface area (Å²) in [5, 5.41) is 9.78. The molecular formula is C30H31ClN4O4. The van der Waals surface area contributed by atoms with Crippen LogP contribution in [0.3, 0.4) is 0 Å². The zero-order valence-electron chi connectivity index (χ0n) is 21.6. The van der Waals surface area contributed by atoms with Gasteiger partial charge in [-0.2, -0.15) is 0 Å². The molecule has 3 aromatic carbocycles. The van der Waals surface area contributed by atoms with Crippen LogP contribution in [0.4, 0.5) is 4.79 Å². The summed E-state index contributed by atoms with van der Waals surface area (Å²) < 4.78 is 0. The van der Waals surface area contributed by atoms with Crippen molar-refractivity contribution in [3.8, 4) is 0 Å². The number of halogens is 1. The van der Waals surface area contributed by atoms with Crippen molar-refractivity contribution in [2.24, 2.45) is 0 Å². The first-order valence-electron chi connectivity index (χ1n) is 13.0. The molecule has 1 N–H and O–H groups in total. The molecule has 0 unspecified atom stereocenters. The first-order chi connectivity index (χ1) is 18.9. The average molecular weight is 547 g/mol. The summed E-state index contributed by atoms with van der Waals surface area (Å²) in [5.74, 6) is -0.727. The van der Waals surface area contributed by atoms with E-state index in [1.165, 1.54) is 0 Å². The van der Waals surface area contributed by atoms with Crippen LogP contribution in [0, 0.1) is 0 Å². The summed E-state index contributed by atoms with van der Waals surface area (Å²) in [6, 6.07) is 25.2. The minimum Gasteiger partial charge on any atom is -0.395 e. The van der Waals surface area contributed by atoms with Gasteiger partial charge in [0.25, 0.3) is 5.91 Å². The van der Waals surface area contributed by atoms with Gasteiger partial charge in [-0.15, -0.1) is 0 Å². The second kappa shape index (κ2) is 11.6. The molecule has 2 aliphatic heterocycles. The van der Waals surface area contributed by atoms with Crippen molar-refractivity contribution in [2.75, 3.05) is 45.9 Å². The maximum Gasteiger partial charge on any atom is 0.329 e. The molecule has 202 valence electrons. The van der Waals surface area contributed by atoms with Crippen LogP contribution in [0.1, 0.15) is 16.7 Å². The molecule has 8 nitrogen and oxygen atoms in total. The Hall–Kier alpha value is -3.72. The third-order valence-corrected chi connectivity index (χ3v) is 7.74. The Labute approximate surface area is 233 Å². The molecule has 3 aromatic rings. The highest BCUT2D eigenvalue weighted by atomic mass is 35.5. The van der Waals surface area contributed by atoms with E-state index in [2.05, 4.69) is 4.90 Å². The number of β-amino-alcohol motifs (C(OH)–C–C–N with tert-alkyl or cyclic N) is 1. The Morgan fingerprint density at radius 1 is 0.821 bits per heavy atom. The fraction of sp³-hybridized carbons (Fsp3) is 0.300. The minimum absolute atomic E-state index is 0.0647. The summed E-state index contributed by atoms with van der Waals surface area (Å²) in [4.78, 5) is 48.4. The van der Waals surface area contributed by atoms with Crippen LogP contribution in [0.5, 0.6) is 0 Å². The van der Waals surface area contributed by atoms with Crippen molar-refractivity contribution in [2.45, 2.75) is 12.1 Å². The molecule has 9 heteroatoms. The lowest BCUT2D eigenvalue weighted by Gasteiger charge is -2.36. The summed E-state index contributed by atoms with van der Waals surface area (Å²) in [6.07, 6.45) is 0. The number of carbonyl (C=O) groups excluding carboxylic acids is 3. The molecule has 0 radical (unpaired) electrons. The van der Waals surface area contributed by atoms with Gasteiger partial charge >= 0.3 is 6.03 Å². The van der Waals surface area contributed by atoms with E-state index in [1.807, 2.05) is 72.8 Å². The highest BCUT2D eigenvalue weighted by Crippen LogP contribution is 2.44. The van der Waals surface area contributed by atoms with E-state index in [0.717, 1.165) is 10.5 Å². The molecule has 0 aliphatic carbocycles. The molecule has 0 atom stereocenters. The molecule has 5 rings (SSSR count). The Bertz CT molecular complexity index is 1270. The number of hydrogen-bond donors (Lipinski definition) is 1. The summed E-state index contributed by atoms with van der Waals surface area (Å²) in [5.41, 5.74) is 0.663. The highest BCUT2D eigenvalue weighted by molar-refractivity contribution is 6.30. The molecule has 2 saturated heterocycles. The molecule has 0 bridgehead atoms. The van der Waals surface area contributed by atoms with Crippen molar-refractivity contribution in [3.05, 3.63) is 107 Å². The lowest BCUT2D eigenvalue weighted by Crippen LogP contribution is -2.52. The number of imide groups is 1. The van der Waals surface area contributed by atoms with Crippen LogP contribution in [-0.2, 0) is 21.7 Å². The van der Waals surface area contributed by atoms with Gasteiger partial charge in [0.05, 0.1) is 6.61 Å². The molecule has 0 spiro atoms. The topological polar surface area (TPSA) is 84.4 Å². The number of aliphatic hydroxyl groups excluding tert-OH is 1. The van der Waals surface area contributed by atoms with Crippen LogP contribution in [0.2, 0.25) is 5.02 Å². The van der Waals surface area contributed by atoms with Gasteiger partial charge in [0.1, 0.15) is 6.54 Å². The largest absolute Gasteiger partial charge is 0.395 e. The number of amides is 4. The van der Waals surface area contributed by atoms with Gasteiger partial charge in [0.15, 0.2) is 5.54 Å². The minimum atomic E-state index is -1.45. The van der Waals surface area contributed by atoms with Crippen molar-refractivity contribution >= 4 is 29.4 Å². The highest BCUT2D eigenvalue weighted by Gasteiger charge is 2.59. The predicted molar refractivity (Wildman–Crippen MR) is 148 cm³/mol. The van der Waals surface area contributed by atoms with Gasteiger partial charge in [-0.25, -0.2) is 4.79 Å². The van der Waals surface area contributed by atoms with Crippen molar-refractivity contribution in [3.63, 3.8) is 0 Å². The number of hydrogen-bond acceptors (Lipinski definition) is 5. The van der Waals surface area contributed by atoms with Gasteiger partial charge in [0, 0.05) is 44.3 Å². The van der Waals surface area contributed by atoms with Gasteiger partial charge in [0.2, 0.25) is 5.91 Å². The van der Waals surface area contributed by atoms with Gasteiger partial charge in [-0.05, 0) is 28.8 Å². The van der Waals surface area contributed by atoms with Crippen LogP contribution in [0.15, 0.2) is 84.9 Å². The molecular weight excluding hydrogens is 516 g/mol. The lowest BCUT2D eigenvalue weighted by atomic mass is 9.81. The number of urea groups is 1. The van der Waals surface area contributed by atoms with Gasteiger partial charge in [-0.3, -0.25) is 24.3 Å². The van der Waals surface area contributed by atoms with E-state index >= 15 is 0 Å². The van der Waals surface area contributed by atoms with E-state index in [4.69, 9.17) is 11.6 Å². The fourth-order valence-corrected chi connectivity index (χ4v) is 5.59. The third-order valence-electron chi connectivity index (χ3n) is 7.49. The van der Waals surface area contributed by atoms with Crippen molar-refractivity contribution in [1.29, 1.82) is 0 Å². The smallest absolute Gasteiger partial charge is 0.329 e. The molecule has 2 aliphatic rings. The normalized spacial score (nSPS) is 17.6. The van der Waals surface area contributed by atoms with E-state index in [9.17, 15) is 19.5 Å². The quantitative estimate of drug-likeness (QED) is 0.439. The van der Waals surface area contributed by atoms with E-state index in [0.29, 0.717) is 48.9 Å². The van der Waals surface area contributed by atoms with E-state index < -0.39 is 17.5 Å². The number of rotatable bonds is 8.